The summed E-state index contributed by atoms with van der Waals surface area (Å²) in [6, 6.07) is 3.81. The van der Waals surface area contributed by atoms with E-state index < -0.39 is 0 Å². The minimum Gasteiger partial charge on any atom is -0.326 e. The van der Waals surface area contributed by atoms with Crippen LogP contribution < -0.4 is 5.73 Å². The number of hydrogen-bond donors (Lipinski definition) is 1. The van der Waals surface area contributed by atoms with Gasteiger partial charge in [0.1, 0.15) is 0 Å². The van der Waals surface area contributed by atoms with Crippen LogP contribution in [0, 0.1) is 0 Å². The zero-order valence-electron chi connectivity index (χ0n) is 7.39. The molecule has 0 unspecified atom stereocenters. The first kappa shape index (κ1) is 9.36. The van der Waals surface area contributed by atoms with Crippen LogP contribution in [0.25, 0.3) is 5.82 Å². The van der Waals surface area contributed by atoms with Gasteiger partial charge in [-0.2, -0.15) is 5.10 Å². The van der Waals surface area contributed by atoms with Crippen molar-refractivity contribution in [3.63, 3.8) is 0 Å². The van der Waals surface area contributed by atoms with Crippen LogP contribution in [-0.4, -0.2) is 14.8 Å². The number of aromatic nitrogens is 3. The molecule has 4 nitrogen and oxygen atoms in total. The summed E-state index contributed by atoms with van der Waals surface area (Å²) < 4.78 is 2.65. The van der Waals surface area contributed by atoms with Crippen LogP contribution in [0.5, 0.6) is 0 Å². The van der Waals surface area contributed by atoms with Crippen molar-refractivity contribution in [2.45, 2.75) is 6.54 Å². The Kier molecular flexibility index (Phi) is 2.60. The molecule has 72 valence electrons. The van der Waals surface area contributed by atoms with E-state index in [1.54, 1.807) is 17.1 Å². The van der Waals surface area contributed by atoms with Crippen molar-refractivity contribution < 1.29 is 0 Å². The Hall–Kier alpha value is -1.20. The highest BCUT2D eigenvalue weighted by molar-refractivity contribution is 9.10. The molecule has 0 aliphatic heterocycles. The maximum Gasteiger partial charge on any atom is 0.153 e. The number of hydrogen-bond acceptors (Lipinski definition) is 3. The Morgan fingerprint density at radius 2 is 2.21 bits per heavy atom. The lowest BCUT2D eigenvalue weighted by molar-refractivity contribution is 0.845. The van der Waals surface area contributed by atoms with Crippen LogP contribution in [0.3, 0.4) is 0 Å². The lowest BCUT2D eigenvalue weighted by Gasteiger charge is -1.98. The molecule has 2 N–H and O–H groups in total. The van der Waals surface area contributed by atoms with Gasteiger partial charge in [0.15, 0.2) is 5.82 Å². The zero-order valence-corrected chi connectivity index (χ0v) is 8.98. The third kappa shape index (κ3) is 1.83. The lowest BCUT2D eigenvalue weighted by Crippen LogP contribution is -1.97. The molecular formula is C9H9BrN4. The molecular weight excluding hydrogens is 244 g/mol. The zero-order chi connectivity index (χ0) is 9.97. The van der Waals surface area contributed by atoms with Gasteiger partial charge in [-0.1, -0.05) is 0 Å². The highest BCUT2D eigenvalue weighted by Crippen LogP contribution is 2.10. The van der Waals surface area contributed by atoms with Gasteiger partial charge < -0.3 is 5.73 Å². The van der Waals surface area contributed by atoms with Gasteiger partial charge in [0.25, 0.3) is 0 Å². The molecule has 0 saturated carbocycles. The summed E-state index contributed by atoms with van der Waals surface area (Å²) in [5, 5.41) is 4.15. The molecule has 0 fully saturated rings. The van der Waals surface area contributed by atoms with Crippen LogP contribution in [0.4, 0.5) is 0 Å². The van der Waals surface area contributed by atoms with Crippen molar-refractivity contribution in [1.29, 1.82) is 0 Å². The fraction of sp³-hybridized carbons (Fsp3) is 0.111. The van der Waals surface area contributed by atoms with E-state index in [0.29, 0.717) is 6.54 Å². The summed E-state index contributed by atoms with van der Waals surface area (Å²) in [4.78, 5) is 4.21. The van der Waals surface area contributed by atoms with Gasteiger partial charge in [-0.05, 0) is 28.1 Å². The predicted molar refractivity (Wildman–Crippen MR) is 57.0 cm³/mol. The van der Waals surface area contributed by atoms with E-state index >= 15 is 0 Å². The summed E-state index contributed by atoms with van der Waals surface area (Å²) in [6.07, 6.45) is 5.35. The Bertz CT molecular complexity index is 421. The van der Waals surface area contributed by atoms with Crippen LogP contribution >= 0.6 is 15.9 Å². The summed E-state index contributed by atoms with van der Waals surface area (Å²) in [6.45, 7) is 0.497. The molecule has 0 bridgehead atoms. The number of pyridine rings is 1. The quantitative estimate of drug-likeness (QED) is 0.882. The fourth-order valence-corrected chi connectivity index (χ4v) is 1.33. The fourth-order valence-electron chi connectivity index (χ4n) is 1.09. The normalized spacial score (nSPS) is 10.4. The van der Waals surface area contributed by atoms with E-state index in [1.165, 1.54) is 0 Å². The average molecular weight is 253 g/mol. The van der Waals surface area contributed by atoms with Gasteiger partial charge in [0.2, 0.25) is 0 Å². The molecule has 0 atom stereocenters. The lowest BCUT2D eigenvalue weighted by atomic mass is 10.4. The standard InChI is InChI=1S/C9H9BrN4/c10-8-1-2-9(12-5-8)14-6-7(3-11)4-13-14/h1-2,4-6H,3,11H2. The van der Waals surface area contributed by atoms with Crippen molar-refractivity contribution in [3.05, 3.63) is 40.8 Å². The maximum absolute atomic E-state index is 5.48. The maximum atomic E-state index is 5.48. The molecule has 0 aromatic carbocycles. The Labute approximate surface area is 89.9 Å². The van der Waals surface area contributed by atoms with Gasteiger partial charge in [0.05, 0.1) is 6.20 Å². The minimum atomic E-state index is 0.497. The molecule has 0 saturated heterocycles. The predicted octanol–water partition coefficient (Wildman–Crippen LogP) is 1.49. The molecule has 0 spiro atoms. The molecule has 0 amide bonds. The first-order valence-corrected chi connectivity index (χ1v) is 4.94. The second-order valence-electron chi connectivity index (χ2n) is 2.83. The Morgan fingerprint density at radius 3 is 2.79 bits per heavy atom. The van der Waals surface area contributed by atoms with Gasteiger partial charge in [-0.15, -0.1) is 0 Å². The number of nitrogens with two attached hydrogens (primary N) is 1. The van der Waals surface area contributed by atoms with Crippen LogP contribution in [0.2, 0.25) is 0 Å². The molecule has 0 aliphatic rings. The monoisotopic (exact) mass is 252 g/mol. The smallest absolute Gasteiger partial charge is 0.153 e. The number of nitrogens with zero attached hydrogens (tertiary/aromatic N) is 3. The third-order valence-corrected chi connectivity index (χ3v) is 2.29. The van der Waals surface area contributed by atoms with Crippen LogP contribution in [-0.2, 0) is 6.54 Å². The molecule has 2 heterocycles. The SMILES string of the molecule is NCc1cnn(-c2ccc(Br)cn2)c1. The summed E-state index contributed by atoms with van der Waals surface area (Å²) in [5.41, 5.74) is 6.48. The van der Waals surface area contributed by atoms with Crippen molar-refractivity contribution in [2.75, 3.05) is 0 Å². The van der Waals surface area contributed by atoms with Gasteiger partial charge in [-0.3, -0.25) is 0 Å². The van der Waals surface area contributed by atoms with E-state index in [2.05, 4.69) is 26.0 Å². The van der Waals surface area contributed by atoms with E-state index in [0.717, 1.165) is 15.9 Å². The third-order valence-electron chi connectivity index (χ3n) is 1.82. The summed E-state index contributed by atoms with van der Waals surface area (Å²) >= 11 is 3.32. The van der Waals surface area contributed by atoms with Gasteiger partial charge in [0, 0.05) is 29.0 Å². The van der Waals surface area contributed by atoms with E-state index in [4.69, 9.17) is 5.73 Å². The molecule has 14 heavy (non-hydrogen) atoms. The second kappa shape index (κ2) is 3.89. The Morgan fingerprint density at radius 1 is 1.36 bits per heavy atom. The second-order valence-corrected chi connectivity index (χ2v) is 3.75. The topological polar surface area (TPSA) is 56.7 Å². The molecule has 2 rings (SSSR count). The van der Waals surface area contributed by atoms with E-state index in [-0.39, 0.29) is 0 Å². The van der Waals surface area contributed by atoms with E-state index in [1.807, 2.05) is 18.3 Å². The average Bonchev–Trinajstić information content (AvgIpc) is 2.67. The molecule has 5 heteroatoms. The van der Waals surface area contributed by atoms with Crippen molar-refractivity contribution in [3.8, 4) is 5.82 Å². The molecule has 2 aromatic heterocycles. The minimum absolute atomic E-state index is 0.497. The summed E-state index contributed by atoms with van der Waals surface area (Å²) in [5.74, 6) is 0.785. The van der Waals surface area contributed by atoms with Crippen molar-refractivity contribution in [2.24, 2.45) is 5.73 Å². The first-order chi connectivity index (χ1) is 6.79. The highest BCUT2D eigenvalue weighted by atomic mass is 79.9. The van der Waals surface area contributed by atoms with Crippen LogP contribution in [0.15, 0.2) is 35.2 Å². The molecule has 0 aliphatic carbocycles. The van der Waals surface area contributed by atoms with Crippen molar-refractivity contribution in [1.82, 2.24) is 14.8 Å². The largest absolute Gasteiger partial charge is 0.326 e. The van der Waals surface area contributed by atoms with Crippen molar-refractivity contribution >= 4 is 15.9 Å². The first-order valence-electron chi connectivity index (χ1n) is 4.15. The molecule has 2 aromatic rings. The van der Waals surface area contributed by atoms with Gasteiger partial charge >= 0.3 is 0 Å². The van der Waals surface area contributed by atoms with Gasteiger partial charge in [-0.25, -0.2) is 9.67 Å². The number of rotatable bonds is 2. The molecule has 0 radical (unpaired) electrons. The summed E-state index contributed by atoms with van der Waals surface area (Å²) in [7, 11) is 0. The van der Waals surface area contributed by atoms with Crippen LogP contribution in [0.1, 0.15) is 5.56 Å². The van der Waals surface area contributed by atoms with E-state index in [9.17, 15) is 0 Å². The number of halogens is 1. The Balaban J connectivity index is 2.34. The highest BCUT2D eigenvalue weighted by Gasteiger charge is 1.99.